The summed E-state index contributed by atoms with van der Waals surface area (Å²) in [6.07, 6.45) is 3.07. The van der Waals surface area contributed by atoms with Crippen molar-refractivity contribution in [2.45, 2.75) is 32.9 Å². The van der Waals surface area contributed by atoms with Crippen LogP contribution in [0.4, 0.5) is 0 Å². The van der Waals surface area contributed by atoms with Gasteiger partial charge in [0, 0.05) is 0 Å². The van der Waals surface area contributed by atoms with Crippen molar-refractivity contribution in [2.24, 2.45) is 0 Å². The van der Waals surface area contributed by atoms with Gasteiger partial charge in [-0.1, -0.05) is 6.92 Å². The van der Waals surface area contributed by atoms with Gasteiger partial charge >= 0.3 is 0 Å². The first-order valence-corrected chi connectivity index (χ1v) is 6.50. The van der Waals surface area contributed by atoms with Gasteiger partial charge in [0.25, 0.3) is 0 Å². The topological polar surface area (TPSA) is 22.0 Å². The summed E-state index contributed by atoms with van der Waals surface area (Å²) in [4.78, 5) is 3.45. The van der Waals surface area contributed by atoms with Crippen molar-refractivity contribution in [3.05, 3.63) is 24.2 Å². The van der Waals surface area contributed by atoms with E-state index in [4.69, 9.17) is 4.42 Å². The molecule has 1 aromatic rings. The van der Waals surface area contributed by atoms with E-state index in [1.807, 2.05) is 6.07 Å². The first-order chi connectivity index (χ1) is 7.79. The van der Waals surface area contributed by atoms with Crippen molar-refractivity contribution in [2.75, 3.05) is 26.2 Å². The molecule has 0 bridgehead atoms. The van der Waals surface area contributed by atoms with Crippen LogP contribution >= 0.6 is 0 Å². The van der Waals surface area contributed by atoms with E-state index in [1.54, 1.807) is 16.1 Å². The Morgan fingerprint density at radius 3 is 2.62 bits per heavy atom. The molecule has 0 saturated carbocycles. The van der Waals surface area contributed by atoms with Crippen molar-refractivity contribution >= 4 is 0 Å². The lowest BCUT2D eigenvalue weighted by atomic mass is 10.2. The van der Waals surface area contributed by atoms with E-state index in [2.05, 4.69) is 19.9 Å². The van der Waals surface area contributed by atoms with Gasteiger partial charge in [0.15, 0.2) is 5.76 Å². The molecule has 3 heteroatoms. The van der Waals surface area contributed by atoms with Crippen LogP contribution < -0.4 is 9.80 Å². The Kier molecular flexibility index (Phi) is 4.02. The van der Waals surface area contributed by atoms with Crippen LogP contribution in [0.2, 0.25) is 0 Å². The van der Waals surface area contributed by atoms with E-state index >= 15 is 0 Å². The predicted molar refractivity (Wildman–Crippen MR) is 63.6 cm³/mol. The first kappa shape index (κ1) is 11.7. The summed E-state index contributed by atoms with van der Waals surface area (Å²) < 4.78 is 5.40. The Balaban J connectivity index is 1.77. The second-order valence-electron chi connectivity index (χ2n) is 4.97. The average Bonchev–Trinajstić information content (AvgIpc) is 2.82. The zero-order valence-electron chi connectivity index (χ0n) is 10.5. The van der Waals surface area contributed by atoms with Crippen LogP contribution in [-0.2, 0) is 6.54 Å². The second kappa shape index (κ2) is 5.51. The van der Waals surface area contributed by atoms with E-state index in [9.17, 15) is 0 Å². The van der Waals surface area contributed by atoms with Crippen LogP contribution in [0.15, 0.2) is 22.8 Å². The molecule has 1 aliphatic heterocycles. The van der Waals surface area contributed by atoms with Crippen molar-refractivity contribution in [1.29, 1.82) is 0 Å². The molecule has 0 amide bonds. The van der Waals surface area contributed by atoms with Crippen LogP contribution in [0.25, 0.3) is 0 Å². The standard InChI is InChI=1S/C13H22N2O/c1-3-12(2)15-8-6-14(7-9-15)11-13-5-4-10-16-13/h4-5,10,12H,3,6-9,11H2,1-2H3/p+2/t12-/m1/s1. The van der Waals surface area contributed by atoms with E-state index in [-0.39, 0.29) is 0 Å². The largest absolute Gasteiger partial charge is 0.463 e. The minimum absolute atomic E-state index is 0.824. The number of furan rings is 1. The van der Waals surface area contributed by atoms with Crippen molar-refractivity contribution < 1.29 is 14.2 Å². The Morgan fingerprint density at radius 2 is 2.06 bits per heavy atom. The maximum atomic E-state index is 5.40. The Hall–Kier alpha value is -0.800. The summed E-state index contributed by atoms with van der Waals surface area (Å²) in [7, 11) is 0. The van der Waals surface area contributed by atoms with Crippen LogP contribution in [0.1, 0.15) is 26.0 Å². The third-order valence-electron chi connectivity index (χ3n) is 3.91. The molecule has 0 aromatic carbocycles. The van der Waals surface area contributed by atoms with E-state index in [0.29, 0.717) is 0 Å². The minimum atomic E-state index is 0.824. The highest BCUT2D eigenvalue weighted by Gasteiger charge is 2.26. The summed E-state index contributed by atoms with van der Waals surface area (Å²) in [5, 5.41) is 0. The lowest BCUT2D eigenvalue weighted by Crippen LogP contribution is -3.29. The van der Waals surface area contributed by atoms with Crippen molar-refractivity contribution in [3.63, 3.8) is 0 Å². The van der Waals surface area contributed by atoms with Crippen LogP contribution in [0.3, 0.4) is 0 Å². The molecule has 90 valence electrons. The summed E-state index contributed by atoms with van der Waals surface area (Å²) in [5.74, 6) is 1.13. The molecule has 2 N–H and O–H groups in total. The number of nitrogens with one attached hydrogen (secondary N) is 2. The van der Waals surface area contributed by atoms with E-state index < -0.39 is 0 Å². The van der Waals surface area contributed by atoms with Gasteiger partial charge in [-0.2, -0.15) is 0 Å². The molecule has 1 aliphatic rings. The van der Waals surface area contributed by atoms with Gasteiger partial charge < -0.3 is 14.2 Å². The normalized spacial score (nSPS) is 27.9. The van der Waals surface area contributed by atoms with Crippen LogP contribution in [0.5, 0.6) is 0 Å². The zero-order chi connectivity index (χ0) is 11.4. The highest BCUT2D eigenvalue weighted by atomic mass is 16.3. The van der Waals surface area contributed by atoms with E-state index in [0.717, 1.165) is 18.3 Å². The smallest absolute Gasteiger partial charge is 0.157 e. The van der Waals surface area contributed by atoms with Gasteiger partial charge in [-0.15, -0.1) is 0 Å². The summed E-state index contributed by atoms with van der Waals surface area (Å²) >= 11 is 0. The monoisotopic (exact) mass is 224 g/mol. The summed E-state index contributed by atoms with van der Waals surface area (Å²) in [5.41, 5.74) is 0. The third-order valence-corrected chi connectivity index (χ3v) is 3.91. The Morgan fingerprint density at radius 1 is 1.31 bits per heavy atom. The molecule has 0 radical (unpaired) electrons. The molecule has 1 saturated heterocycles. The fourth-order valence-corrected chi connectivity index (χ4v) is 2.54. The van der Waals surface area contributed by atoms with Gasteiger partial charge in [-0.25, -0.2) is 0 Å². The maximum absolute atomic E-state index is 5.40. The van der Waals surface area contributed by atoms with Gasteiger partial charge in [0.2, 0.25) is 0 Å². The lowest BCUT2D eigenvalue weighted by molar-refractivity contribution is -1.03. The fourth-order valence-electron chi connectivity index (χ4n) is 2.54. The zero-order valence-corrected chi connectivity index (χ0v) is 10.5. The number of hydrogen-bond donors (Lipinski definition) is 2. The van der Waals surface area contributed by atoms with Crippen molar-refractivity contribution in [1.82, 2.24) is 0 Å². The minimum Gasteiger partial charge on any atom is -0.463 e. The number of quaternary nitrogens is 2. The molecule has 1 aromatic heterocycles. The summed E-state index contributed by atoms with van der Waals surface area (Å²) in [6.45, 7) is 10.9. The highest BCUT2D eigenvalue weighted by molar-refractivity contribution is 4.95. The Labute approximate surface area is 98.0 Å². The lowest BCUT2D eigenvalue weighted by Gasteiger charge is -2.32. The van der Waals surface area contributed by atoms with Gasteiger partial charge in [-0.05, 0) is 25.5 Å². The molecule has 16 heavy (non-hydrogen) atoms. The average molecular weight is 224 g/mol. The molecule has 1 atom stereocenters. The number of piperazine rings is 1. The molecule has 0 spiro atoms. The maximum Gasteiger partial charge on any atom is 0.157 e. The fraction of sp³-hybridized carbons (Fsp3) is 0.692. The molecular formula is C13H24N2O+2. The number of hydrogen-bond acceptors (Lipinski definition) is 1. The van der Waals surface area contributed by atoms with Crippen molar-refractivity contribution in [3.8, 4) is 0 Å². The van der Waals surface area contributed by atoms with E-state index in [1.165, 1.54) is 32.6 Å². The molecule has 0 unspecified atom stereocenters. The van der Waals surface area contributed by atoms with Gasteiger partial charge in [-0.3, -0.25) is 0 Å². The molecule has 0 aliphatic carbocycles. The molecule has 1 fully saturated rings. The summed E-state index contributed by atoms with van der Waals surface area (Å²) in [6, 6.07) is 4.89. The second-order valence-corrected chi connectivity index (χ2v) is 4.97. The first-order valence-electron chi connectivity index (χ1n) is 6.50. The van der Waals surface area contributed by atoms with Gasteiger partial charge in [0.1, 0.15) is 32.7 Å². The molecular weight excluding hydrogens is 200 g/mol. The van der Waals surface area contributed by atoms with Gasteiger partial charge in [0.05, 0.1) is 12.3 Å². The van der Waals surface area contributed by atoms with Crippen LogP contribution in [-0.4, -0.2) is 32.2 Å². The highest BCUT2D eigenvalue weighted by Crippen LogP contribution is 1.96. The van der Waals surface area contributed by atoms with Crippen LogP contribution in [0, 0.1) is 0 Å². The Bertz CT molecular complexity index is 289. The molecule has 2 heterocycles. The third kappa shape index (κ3) is 2.86. The number of rotatable bonds is 4. The predicted octanol–water partition coefficient (Wildman–Crippen LogP) is -0.638. The molecule has 3 nitrogen and oxygen atoms in total. The quantitative estimate of drug-likeness (QED) is 0.698. The SMILES string of the molecule is CC[C@@H](C)[NH+]1CC[NH+](Cc2ccco2)CC1. The molecule has 2 rings (SSSR count).